The number of nitrogens with zero attached hydrogens (tertiary/aromatic N) is 2. The summed E-state index contributed by atoms with van der Waals surface area (Å²) in [6, 6.07) is 9.83. The second-order valence-electron chi connectivity index (χ2n) is 3.82. The number of halogens is 1. The Balaban J connectivity index is 2.11. The van der Waals surface area contributed by atoms with Gasteiger partial charge in [-0.3, -0.25) is 0 Å². The van der Waals surface area contributed by atoms with Crippen LogP contribution in [0.15, 0.2) is 34.8 Å². The monoisotopic (exact) mass is 307 g/mol. The fourth-order valence-electron chi connectivity index (χ4n) is 1.54. The van der Waals surface area contributed by atoms with Gasteiger partial charge in [-0.1, -0.05) is 34.1 Å². The van der Waals surface area contributed by atoms with Crippen LogP contribution in [-0.2, 0) is 6.54 Å². The minimum atomic E-state index is 0.567. The van der Waals surface area contributed by atoms with Gasteiger partial charge in [-0.25, -0.2) is 4.98 Å². The van der Waals surface area contributed by atoms with Crippen molar-refractivity contribution < 1.29 is 4.74 Å². The summed E-state index contributed by atoms with van der Waals surface area (Å²) in [5.41, 5.74) is 2.03. The molecule has 5 heteroatoms. The van der Waals surface area contributed by atoms with Crippen molar-refractivity contribution in [2.45, 2.75) is 13.5 Å². The number of hydrogen-bond donors (Lipinski definition) is 1. The lowest BCUT2D eigenvalue weighted by molar-refractivity contribution is 0.397. The zero-order valence-corrected chi connectivity index (χ0v) is 11.9. The van der Waals surface area contributed by atoms with Crippen molar-refractivity contribution in [2.24, 2.45) is 0 Å². The summed E-state index contributed by atoms with van der Waals surface area (Å²) in [6.45, 7) is 2.57. The standard InChI is InChI=1S/C13H14BrN3O/c1-9-7-12(18-2)17-13(16-9)15-8-10-5-3-4-6-11(10)14/h3-7H,8H2,1-2H3,(H,15,16,17). The SMILES string of the molecule is COc1cc(C)nc(NCc2ccccc2Br)n1. The van der Waals surface area contributed by atoms with E-state index in [0.29, 0.717) is 18.4 Å². The van der Waals surface area contributed by atoms with Crippen LogP contribution in [0.25, 0.3) is 0 Å². The van der Waals surface area contributed by atoms with Crippen LogP contribution in [0.1, 0.15) is 11.3 Å². The van der Waals surface area contributed by atoms with Crippen LogP contribution in [-0.4, -0.2) is 17.1 Å². The van der Waals surface area contributed by atoms with Crippen molar-refractivity contribution in [2.75, 3.05) is 12.4 Å². The zero-order valence-electron chi connectivity index (χ0n) is 10.3. The van der Waals surface area contributed by atoms with E-state index in [1.165, 1.54) is 0 Å². The Bertz CT molecular complexity index is 546. The Morgan fingerprint density at radius 2 is 2.06 bits per heavy atom. The molecule has 1 heterocycles. The largest absolute Gasteiger partial charge is 0.481 e. The molecule has 1 aromatic heterocycles. The molecule has 1 aromatic carbocycles. The molecule has 0 saturated carbocycles. The van der Waals surface area contributed by atoms with Gasteiger partial charge in [-0.15, -0.1) is 0 Å². The fraction of sp³-hybridized carbons (Fsp3) is 0.231. The normalized spacial score (nSPS) is 10.2. The van der Waals surface area contributed by atoms with Crippen LogP contribution in [0.3, 0.4) is 0 Å². The first-order valence-electron chi connectivity index (χ1n) is 5.56. The van der Waals surface area contributed by atoms with E-state index < -0.39 is 0 Å². The maximum atomic E-state index is 5.11. The van der Waals surface area contributed by atoms with Gasteiger partial charge in [0.1, 0.15) is 0 Å². The van der Waals surface area contributed by atoms with Crippen LogP contribution in [0.2, 0.25) is 0 Å². The molecule has 0 aliphatic carbocycles. The van der Waals surface area contributed by atoms with Gasteiger partial charge in [-0.05, 0) is 18.6 Å². The van der Waals surface area contributed by atoms with Gasteiger partial charge in [0, 0.05) is 22.8 Å². The lowest BCUT2D eigenvalue weighted by atomic mass is 10.2. The summed E-state index contributed by atoms with van der Waals surface area (Å²) >= 11 is 3.51. The number of nitrogens with one attached hydrogen (secondary N) is 1. The highest BCUT2D eigenvalue weighted by Crippen LogP contribution is 2.17. The molecular formula is C13H14BrN3O. The summed E-state index contributed by atoms with van der Waals surface area (Å²) in [7, 11) is 1.60. The van der Waals surface area contributed by atoms with Crippen LogP contribution >= 0.6 is 15.9 Å². The molecule has 2 rings (SSSR count). The van der Waals surface area contributed by atoms with E-state index in [2.05, 4.69) is 31.2 Å². The third kappa shape index (κ3) is 3.20. The summed E-state index contributed by atoms with van der Waals surface area (Å²) in [6.07, 6.45) is 0. The third-order valence-electron chi connectivity index (χ3n) is 2.43. The molecule has 0 unspecified atom stereocenters. The first-order chi connectivity index (χ1) is 8.69. The molecule has 0 saturated heterocycles. The molecule has 94 valence electrons. The Morgan fingerprint density at radius 3 is 2.78 bits per heavy atom. The number of ether oxygens (including phenoxy) is 1. The predicted molar refractivity (Wildman–Crippen MR) is 74.8 cm³/mol. The van der Waals surface area contributed by atoms with E-state index in [0.717, 1.165) is 15.7 Å². The van der Waals surface area contributed by atoms with Gasteiger partial charge >= 0.3 is 0 Å². The first-order valence-corrected chi connectivity index (χ1v) is 6.35. The van der Waals surface area contributed by atoms with Crippen LogP contribution < -0.4 is 10.1 Å². The number of aromatic nitrogens is 2. The Kier molecular flexibility index (Phi) is 4.15. The fourth-order valence-corrected chi connectivity index (χ4v) is 1.96. The highest BCUT2D eigenvalue weighted by Gasteiger charge is 2.03. The molecule has 2 aromatic rings. The van der Waals surface area contributed by atoms with Crippen molar-refractivity contribution in [3.05, 3.63) is 46.1 Å². The Hall–Kier alpha value is -1.62. The van der Waals surface area contributed by atoms with E-state index in [9.17, 15) is 0 Å². The molecular weight excluding hydrogens is 294 g/mol. The maximum Gasteiger partial charge on any atom is 0.226 e. The highest BCUT2D eigenvalue weighted by molar-refractivity contribution is 9.10. The molecule has 0 radical (unpaired) electrons. The lowest BCUT2D eigenvalue weighted by Crippen LogP contribution is -2.05. The molecule has 0 spiro atoms. The van der Waals surface area contributed by atoms with Crippen LogP contribution in [0, 0.1) is 6.92 Å². The minimum Gasteiger partial charge on any atom is -0.481 e. The third-order valence-corrected chi connectivity index (χ3v) is 3.21. The molecule has 0 atom stereocenters. The van der Waals surface area contributed by atoms with Gasteiger partial charge in [-0.2, -0.15) is 4.98 Å². The zero-order chi connectivity index (χ0) is 13.0. The molecule has 0 aliphatic heterocycles. The Morgan fingerprint density at radius 1 is 1.28 bits per heavy atom. The first kappa shape index (κ1) is 12.8. The van der Waals surface area contributed by atoms with Gasteiger partial charge in [0.05, 0.1) is 7.11 Å². The van der Waals surface area contributed by atoms with Gasteiger partial charge < -0.3 is 10.1 Å². The highest BCUT2D eigenvalue weighted by atomic mass is 79.9. The molecule has 0 amide bonds. The van der Waals surface area contributed by atoms with E-state index in [1.807, 2.05) is 31.2 Å². The molecule has 0 fully saturated rings. The molecule has 18 heavy (non-hydrogen) atoms. The van der Waals surface area contributed by atoms with E-state index >= 15 is 0 Å². The van der Waals surface area contributed by atoms with E-state index in [1.54, 1.807) is 13.2 Å². The van der Waals surface area contributed by atoms with E-state index in [4.69, 9.17) is 4.74 Å². The smallest absolute Gasteiger partial charge is 0.226 e. The molecule has 0 aliphatic rings. The maximum absolute atomic E-state index is 5.11. The second-order valence-corrected chi connectivity index (χ2v) is 4.67. The van der Waals surface area contributed by atoms with Crippen LogP contribution in [0.4, 0.5) is 5.95 Å². The van der Waals surface area contributed by atoms with Crippen molar-refractivity contribution in [3.63, 3.8) is 0 Å². The van der Waals surface area contributed by atoms with Crippen LogP contribution in [0.5, 0.6) is 5.88 Å². The molecule has 1 N–H and O–H groups in total. The van der Waals surface area contributed by atoms with Gasteiger partial charge in [0.2, 0.25) is 11.8 Å². The number of hydrogen-bond acceptors (Lipinski definition) is 4. The van der Waals surface area contributed by atoms with Crippen molar-refractivity contribution >= 4 is 21.9 Å². The van der Waals surface area contributed by atoms with Gasteiger partial charge in [0.15, 0.2) is 0 Å². The average molecular weight is 308 g/mol. The second kappa shape index (κ2) is 5.82. The number of benzene rings is 1. The summed E-state index contributed by atoms with van der Waals surface area (Å²) in [5.74, 6) is 1.14. The predicted octanol–water partition coefficient (Wildman–Crippen LogP) is 3.17. The number of rotatable bonds is 4. The van der Waals surface area contributed by atoms with E-state index in [-0.39, 0.29) is 0 Å². The summed E-state index contributed by atoms with van der Waals surface area (Å²) in [4.78, 5) is 8.55. The Labute approximate surface area is 115 Å². The number of aryl methyl sites for hydroxylation is 1. The van der Waals surface area contributed by atoms with Crippen molar-refractivity contribution in [3.8, 4) is 5.88 Å². The van der Waals surface area contributed by atoms with Crippen molar-refractivity contribution in [1.29, 1.82) is 0 Å². The molecule has 0 bridgehead atoms. The lowest BCUT2D eigenvalue weighted by Gasteiger charge is -2.08. The van der Waals surface area contributed by atoms with Crippen molar-refractivity contribution in [1.82, 2.24) is 9.97 Å². The summed E-state index contributed by atoms with van der Waals surface area (Å²) < 4.78 is 6.18. The summed E-state index contributed by atoms with van der Waals surface area (Å²) in [5, 5.41) is 3.19. The number of methoxy groups -OCH3 is 1. The number of anilines is 1. The topological polar surface area (TPSA) is 47.0 Å². The molecule has 4 nitrogen and oxygen atoms in total. The minimum absolute atomic E-state index is 0.567. The quantitative estimate of drug-likeness (QED) is 0.942. The van der Waals surface area contributed by atoms with Gasteiger partial charge in [0.25, 0.3) is 0 Å². The average Bonchev–Trinajstić information content (AvgIpc) is 2.37.